The van der Waals surface area contributed by atoms with Gasteiger partial charge in [0.25, 0.3) is 0 Å². The van der Waals surface area contributed by atoms with Crippen LogP contribution >= 0.6 is 7.60 Å². The van der Waals surface area contributed by atoms with E-state index >= 15 is 0 Å². The molecule has 128 valence electrons. The molecule has 0 saturated carbocycles. The van der Waals surface area contributed by atoms with Crippen molar-refractivity contribution in [2.75, 3.05) is 12.8 Å². The summed E-state index contributed by atoms with van der Waals surface area (Å²) in [5.41, 5.74) is 0.781. The second-order valence-electron chi connectivity index (χ2n) is 5.04. The van der Waals surface area contributed by atoms with E-state index < -0.39 is 38.0 Å². The highest BCUT2D eigenvalue weighted by molar-refractivity contribution is 7.52. The minimum atomic E-state index is -4.13. The highest BCUT2D eigenvalue weighted by Crippen LogP contribution is 2.44. The lowest BCUT2D eigenvalue weighted by Gasteiger charge is -2.16. The van der Waals surface area contributed by atoms with E-state index in [4.69, 9.17) is 19.8 Å². The third-order valence-electron chi connectivity index (χ3n) is 3.13. The highest BCUT2D eigenvalue weighted by atomic mass is 31.2. The number of rotatable bonds is 10. The zero-order valence-corrected chi connectivity index (χ0v) is 13.2. The first-order valence-corrected chi connectivity index (χ1v) is 8.65. The second kappa shape index (κ2) is 8.67. The zero-order valence-electron chi connectivity index (χ0n) is 12.3. The summed E-state index contributed by atoms with van der Waals surface area (Å²) < 4.78 is 16.8. The molecule has 0 saturated heterocycles. The van der Waals surface area contributed by atoms with E-state index in [9.17, 15) is 19.0 Å². The van der Waals surface area contributed by atoms with E-state index in [0.29, 0.717) is 6.42 Å². The van der Waals surface area contributed by atoms with Crippen LogP contribution in [-0.4, -0.2) is 44.9 Å². The number of hydrogen-bond donors (Lipinski definition) is 4. The van der Waals surface area contributed by atoms with E-state index in [0.717, 1.165) is 5.56 Å². The summed E-state index contributed by atoms with van der Waals surface area (Å²) in [6, 6.07) is 6.21. The van der Waals surface area contributed by atoms with Crippen molar-refractivity contribution in [3.8, 4) is 5.75 Å². The van der Waals surface area contributed by atoms with Crippen LogP contribution in [0.25, 0.3) is 0 Å². The van der Waals surface area contributed by atoms with E-state index in [2.05, 4.69) is 0 Å². The SMILES string of the molecule is O=C(O)CC[C@H](CP(=O)(O)OCCc1ccc(O)cc1)C(=O)O. The number of benzene rings is 1. The van der Waals surface area contributed by atoms with Crippen LogP contribution in [0.1, 0.15) is 18.4 Å². The smallest absolute Gasteiger partial charge is 0.328 e. The van der Waals surface area contributed by atoms with Gasteiger partial charge < -0.3 is 24.7 Å². The van der Waals surface area contributed by atoms with Gasteiger partial charge in [-0.05, 0) is 30.5 Å². The van der Waals surface area contributed by atoms with Crippen molar-refractivity contribution < 1.29 is 38.9 Å². The quantitative estimate of drug-likeness (QED) is 0.469. The van der Waals surface area contributed by atoms with Gasteiger partial charge in [0.05, 0.1) is 18.7 Å². The molecular weight excluding hydrogens is 327 g/mol. The Bertz CT molecular complexity index is 583. The molecule has 8 nitrogen and oxygen atoms in total. The maximum Gasteiger partial charge on any atom is 0.328 e. The molecule has 4 N–H and O–H groups in total. The molecule has 0 bridgehead atoms. The Balaban J connectivity index is 2.49. The van der Waals surface area contributed by atoms with Gasteiger partial charge in [0, 0.05) is 6.42 Å². The summed E-state index contributed by atoms with van der Waals surface area (Å²) in [6.07, 6.45) is -0.954. The zero-order chi connectivity index (χ0) is 17.5. The second-order valence-corrected chi connectivity index (χ2v) is 6.94. The first-order valence-electron chi connectivity index (χ1n) is 6.88. The molecule has 0 heterocycles. The lowest BCUT2D eigenvalue weighted by Crippen LogP contribution is -2.20. The van der Waals surface area contributed by atoms with Crippen molar-refractivity contribution >= 4 is 19.5 Å². The molecule has 9 heteroatoms. The van der Waals surface area contributed by atoms with E-state index in [1.807, 2.05) is 0 Å². The lowest BCUT2D eigenvalue weighted by atomic mass is 10.1. The maximum absolute atomic E-state index is 11.9. The summed E-state index contributed by atoms with van der Waals surface area (Å²) in [7, 11) is -4.13. The molecule has 2 atom stereocenters. The number of phenolic OH excluding ortho intramolecular Hbond substituents is 1. The van der Waals surface area contributed by atoms with Crippen LogP contribution in [0.2, 0.25) is 0 Å². The monoisotopic (exact) mass is 346 g/mol. The van der Waals surface area contributed by atoms with Gasteiger partial charge in [-0.1, -0.05) is 12.1 Å². The average Bonchev–Trinajstić information content (AvgIpc) is 2.45. The molecule has 0 radical (unpaired) electrons. The van der Waals surface area contributed by atoms with Crippen molar-refractivity contribution in [3.63, 3.8) is 0 Å². The van der Waals surface area contributed by atoms with Crippen LogP contribution in [0.5, 0.6) is 5.75 Å². The molecule has 0 spiro atoms. The Hall–Kier alpha value is -1.89. The Morgan fingerprint density at radius 2 is 1.78 bits per heavy atom. The van der Waals surface area contributed by atoms with Crippen molar-refractivity contribution in [2.24, 2.45) is 5.92 Å². The minimum Gasteiger partial charge on any atom is -0.508 e. The average molecular weight is 346 g/mol. The third-order valence-corrected chi connectivity index (χ3v) is 4.62. The maximum atomic E-state index is 11.9. The van der Waals surface area contributed by atoms with E-state index in [1.165, 1.54) is 12.1 Å². The van der Waals surface area contributed by atoms with Gasteiger partial charge in [0.2, 0.25) is 0 Å². The van der Waals surface area contributed by atoms with Gasteiger partial charge in [-0.15, -0.1) is 0 Å². The van der Waals surface area contributed by atoms with Gasteiger partial charge in [0.15, 0.2) is 0 Å². The number of carbonyl (C=O) groups is 2. The molecule has 0 aliphatic rings. The predicted molar refractivity (Wildman–Crippen MR) is 80.5 cm³/mol. The van der Waals surface area contributed by atoms with Crippen LogP contribution in [0.3, 0.4) is 0 Å². The molecule has 0 aliphatic carbocycles. The summed E-state index contributed by atoms with van der Waals surface area (Å²) in [6.45, 7) is -0.0934. The Kier molecular flexibility index (Phi) is 7.22. The number of carboxylic acids is 2. The normalized spacial score (nSPS) is 14.8. The number of phenols is 1. The van der Waals surface area contributed by atoms with Crippen molar-refractivity contribution in [3.05, 3.63) is 29.8 Å². The molecule has 1 aromatic rings. The summed E-state index contributed by atoms with van der Waals surface area (Å²) >= 11 is 0. The number of aliphatic carboxylic acids is 2. The lowest BCUT2D eigenvalue weighted by molar-refractivity contribution is -0.142. The molecule has 1 rings (SSSR count). The Labute approximate surface area is 132 Å². The first kappa shape index (κ1) is 19.2. The predicted octanol–water partition coefficient (Wildman–Crippen LogP) is 1.70. The summed E-state index contributed by atoms with van der Waals surface area (Å²) in [5, 5.41) is 26.7. The fourth-order valence-corrected chi connectivity index (χ4v) is 3.27. The molecule has 1 unspecified atom stereocenters. The highest BCUT2D eigenvalue weighted by Gasteiger charge is 2.30. The van der Waals surface area contributed by atoms with Gasteiger partial charge in [-0.3, -0.25) is 14.2 Å². The topological polar surface area (TPSA) is 141 Å². The van der Waals surface area contributed by atoms with Crippen molar-refractivity contribution in [1.82, 2.24) is 0 Å². The fraction of sp³-hybridized carbons (Fsp3) is 0.429. The number of aromatic hydroxyl groups is 1. The van der Waals surface area contributed by atoms with Gasteiger partial charge >= 0.3 is 19.5 Å². The molecule has 23 heavy (non-hydrogen) atoms. The molecular formula is C14H19O8P. The van der Waals surface area contributed by atoms with Crippen LogP contribution in [0, 0.1) is 5.92 Å². The van der Waals surface area contributed by atoms with E-state index in [1.54, 1.807) is 12.1 Å². The van der Waals surface area contributed by atoms with Gasteiger partial charge in [-0.2, -0.15) is 0 Å². The molecule has 0 amide bonds. The van der Waals surface area contributed by atoms with Crippen LogP contribution in [0.15, 0.2) is 24.3 Å². The molecule has 1 aromatic carbocycles. The first-order chi connectivity index (χ1) is 10.7. The number of hydrogen-bond acceptors (Lipinski definition) is 5. The molecule has 0 aromatic heterocycles. The Morgan fingerprint density at radius 1 is 1.17 bits per heavy atom. The summed E-state index contributed by atoms with van der Waals surface area (Å²) in [5.74, 6) is -3.65. The fourth-order valence-electron chi connectivity index (χ4n) is 1.89. The van der Waals surface area contributed by atoms with Crippen molar-refractivity contribution in [1.29, 1.82) is 0 Å². The van der Waals surface area contributed by atoms with Crippen LogP contribution in [-0.2, 0) is 25.1 Å². The molecule has 0 aliphatic heterocycles. The van der Waals surface area contributed by atoms with Crippen molar-refractivity contribution in [2.45, 2.75) is 19.3 Å². The number of carboxylic acid groups (broad SMARTS) is 2. The largest absolute Gasteiger partial charge is 0.508 e. The van der Waals surface area contributed by atoms with E-state index in [-0.39, 0.29) is 18.8 Å². The van der Waals surface area contributed by atoms with Crippen LogP contribution in [0.4, 0.5) is 0 Å². The standard InChI is InChI=1S/C14H19O8P/c15-12-4-1-10(2-5-12)7-8-22-23(20,21)9-11(14(18)19)3-6-13(16)17/h1-2,4-5,11,15H,3,6-9H2,(H,16,17)(H,18,19)(H,20,21)/t11-/m1/s1. The van der Waals surface area contributed by atoms with Gasteiger partial charge in [-0.25, -0.2) is 0 Å². The minimum absolute atomic E-state index is 0.0934. The third kappa shape index (κ3) is 7.78. The Morgan fingerprint density at radius 3 is 2.30 bits per heavy atom. The van der Waals surface area contributed by atoms with Crippen LogP contribution < -0.4 is 0 Å². The molecule has 0 fully saturated rings. The summed E-state index contributed by atoms with van der Waals surface area (Å²) in [4.78, 5) is 31.2. The van der Waals surface area contributed by atoms with Gasteiger partial charge in [0.1, 0.15) is 5.75 Å².